The zero-order chi connectivity index (χ0) is 21.8. The van der Waals surface area contributed by atoms with Crippen LogP contribution in [0.1, 0.15) is 23.2 Å². The number of hydrogen-bond donors (Lipinski definition) is 3. The summed E-state index contributed by atoms with van der Waals surface area (Å²) in [5, 5.41) is 18.2. The quantitative estimate of drug-likeness (QED) is 0.579. The van der Waals surface area contributed by atoms with E-state index in [4.69, 9.17) is 17.3 Å². The molecule has 160 valence electrons. The third kappa shape index (κ3) is 3.51. The lowest BCUT2D eigenvalue weighted by molar-refractivity contribution is -0.143. The van der Waals surface area contributed by atoms with E-state index in [0.29, 0.717) is 55.4 Å². The molecule has 3 aromatic rings. The van der Waals surface area contributed by atoms with E-state index < -0.39 is 5.60 Å². The van der Waals surface area contributed by atoms with Gasteiger partial charge in [-0.05, 0) is 42.7 Å². The highest BCUT2D eigenvalue weighted by molar-refractivity contribution is 6.33. The van der Waals surface area contributed by atoms with Gasteiger partial charge < -0.3 is 20.6 Å². The highest BCUT2D eigenvalue weighted by Crippen LogP contribution is 2.37. The van der Waals surface area contributed by atoms with Gasteiger partial charge in [-0.1, -0.05) is 23.7 Å². The molecule has 2 heterocycles. The molecule has 2 aliphatic rings. The van der Waals surface area contributed by atoms with Crippen molar-refractivity contribution in [3.05, 3.63) is 47.0 Å². The second kappa shape index (κ2) is 7.25. The summed E-state index contributed by atoms with van der Waals surface area (Å²) in [6.07, 6.45) is 1.05. The van der Waals surface area contributed by atoms with Crippen molar-refractivity contribution in [2.45, 2.75) is 18.4 Å². The molecule has 2 aromatic carbocycles. The molecule has 1 saturated heterocycles. The largest absolute Gasteiger partial charge is 0.382 e. The summed E-state index contributed by atoms with van der Waals surface area (Å²) in [6.45, 7) is 1.70. The average Bonchev–Trinajstić information content (AvgIpc) is 3.44. The maximum atomic E-state index is 13.0. The molecule has 1 aromatic heterocycles. The fourth-order valence-corrected chi connectivity index (χ4v) is 4.30. The lowest BCUT2D eigenvalue weighted by atomic mass is 10.0. The topological polar surface area (TPSA) is 116 Å². The van der Waals surface area contributed by atoms with Gasteiger partial charge in [0.25, 0.3) is 11.8 Å². The standard InChI is InChI=1S/C22H22ClN5O3/c23-17-12-14(1-3-15(17)13-2-4-18-16(11-13)19(24)26-25-18)20(29)27-7-9-28(10-8-27)21(30)22(31)5-6-22/h1-4,11-12,31H,5-10H2,(H3,24,25,26). The Morgan fingerprint density at radius 2 is 1.77 bits per heavy atom. The van der Waals surface area contributed by atoms with E-state index in [1.807, 2.05) is 24.3 Å². The SMILES string of the molecule is Nc1n[nH]c2ccc(-c3ccc(C(=O)N4CCN(C(=O)C5(O)CC5)CC4)cc3Cl)cc12. The van der Waals surface area contributed by atoms with Crippen LogP contribution in [0.5, 0.6) is 0 Å². The van der Waals surface area contributed by atoms with E-state index in [1.54, 1.807) is 21.9 Å². The van der Waals surface area contributed by atoms with Crippen molar-refractivity contribution in [3.8, 4) is 11.1 Å². The molecule has 2 amide bonds. The predicted octanol–water partition coefficient (Wildman–Crippen LogP) is 2.27. The molecule has 0 unspecified atom stereocenters. The van der Waals surface area contributed by atoms with E-state index in [2.05, 4.69) is 10.2 Å². The number of fused-ring (bicyclic) bond motifs is 1. The lowest BCUT2D eigenvalue weighted by Crippen LogP contribution is -2.53. The molecular formula is C22H22ClN5O3. The van der Waals surface area contributed by atoms with Gasteiger partial charge in [0.15, 0.2) is 5.82 Å². The van der Waals surface area contributed by atoms with Crippen LogP contribution in [-0.4, -0.2) is 68.7 Å². The number of piperazine rings is 1. The van der Waals surface area contributed by atoms with Gasteiger partial charge in [0.2, 0.25) is 0 Å². The molecule has 9 heteroatoms. The number of nitrogens with two attached hydrogens (primary N) is 1. The van der Waals surface area contributed by atoms with Crippen LogP contribution in [0, 0.1) is 0 Å². The van der Waals surface area contributed by atoms with Crippen molar-refractivity contribution in [1.82, 2.24) is 20.0 Å². The number of hydrogen-bond acceptors (Lipinski definition) is 5. The Morgan fingerprint density at radius 3 is 2.45 bits per heavy atom. The zero-order valence-electron chi connectivity index (χ0n) is 16.8. The number of halogens is 1. The molecule has 4 N–H and O–H groups in total. The Morgan fingerprint density at radius 1 is 1.06 bits per heavy atom. The van der Waals surface area contributed by atoms with E-state index in [1.165, 1.54) is 0 Å². The number of carbonyl (C=O) groups is 2. The number of benzene rings is 2. The number of anilines is 1. The third-order valence-electron chi connectivity index (χ3n) is 6.10. The molecule has 0 radical (unpaired) electrons. The second-order valence-corrected chi connectivity index (χ2v) is 8.59. The zero-order valence-corrected chi connectivity index (χ0v) is 17.5. The molecule has 0 bridgehead atoms. The van der Waals surface area contributed by atoms with Gasteiger partial charge in [-0.3, -0.25) is 14.7 Å². The number of aromatic nitrogens is 2. The maximum Gasteiger partial charge on any atom is 0.254 e. The van der Waals surface area contributed by atoms with Gasteiger partial charge in [-0.2, -0.15) is 5.10 Å². The lowest BCUT2D eigenvalue weighted by Gasteiger charge is -2.35. The van der Waals surface area contributed by atoms with Crippen molar-refractivity contribution >= 4 is 40.1 Å². The van der Waals surface area contributed by atoms with Crippen LogP contribution < -0.4 is 5.73 Å². The Kier molecular flexibility index (Phi) is 4.64. The summed E-state index contributed by atoms with van der Waals surface area (Å²) >= 11 is 6.53. The molecule has 1 aliphatic carbocycles. The minimum absolute atomic E-state index is 0.125. The number of aromatic amines is 1. The van der Waals surface area contributed by atoms with Gasteiger partial charge in [0, 0.05) is 47.7 Å². The van der Waals surface area contributed by atoms with E-state index in [-0.39, 0.29) is 11.8 Å². The molecular weight excluding hydrogens is 418 g/mol. The fraction of sp³-hybridized carbons (Fsp3) is 0.318. The van der Waals surface area contributed by atoms with Gasteiger partial charge in [0.1, 0.15) is 5.60 Å². The van der Waals surface area contributed by atoms with Gasteiger partial charge in [0.05, 0.1) is 5.52 Å². The summed E-state index contributed by atoms with van der Waals surface area (Å²) in [4.78, 5) is 28.6. The summed E-state index contributed by atoms with van der Waals surface area (Å²) in [5.74, 6) is 0.0774. The first kappa shape index (κ1) is 19.8. The smallest absolute Gasteiger partial charge is 0.254 e. The molecule has 1 aliphatic heterocycles. The van der Waals surface area contributed by atoms with Crippen molar-refractivity contribution in [2.24, 2.45) is 0 Å². The Balaban J connectivity index is 1.31. The van der Waals surface area contributed by atoms with Gasteiger partial charge in [-0.25, -0.2) is 0 Å². The monoisotopic (exact) mass is 439 g/mol. The normalized spacial score (nSPS) is 17.7. The molecule has 8 nitrogen and oxygen atoms in total. The van der Waals surface area contributed by atoms with Crippen LogP contribution in [0.4, 0.5) is 5.82 Å². The fourth-order valence-electron chi connectivity index (χ4n) is 4.01. The van der Waals surface area contributed by atoms with Crippen LogP contribution in [0.2, 0.25) is 5.02 Å². The van der Waals surface area contributed by atoms with Crippen molar-refractivity contribution in [3.63, 3.8) is 0 Å². The third-order valence-corrected chi connectivity index (χ3v) is 6.41. The van der Waals surface area contributed by atoms with Gasteiger partial charge >= 0.3 is 0 Å². The van der Waals surface area contributed by atoms with Crippen LogP contribution >= 0.6 is 11.6 Å². The number of nitrogens with one attached hydrogen (secondary N) is 1. The Bertz CT molecular complexity index is 1200. The van der Waals surface area contributed by atoms with E-state index in [0.717, 1.165) is 22.0 Å². The number of carbonyl (C=O) groups excluding carboxylic acids is 2. The van der Waals surface area contributed by atoms with E-state index >= 15 is 0 Å². The maximum absolute atomic E-state index is 13.0. The summed E-state index contributed by atoms with van der Waals surface area (Å²) in [5.41, 5.74) is 7.76. The van der Waals surface area contributed by atoms with Gasteiger partial charge in [-0.15, -0.1) is 0 Å². The van der Waals surface area contributed by atoms with Crippen molar-refractivity contribution in [1.29, 1.82) is 0 Å². The van der Waals surface area contributed by atoms with Crippen molar-refractivity contribution < 1.29 is 14.7 Å². The first-order chi connectivity index (χ1) is 14.9. The molecule has 31 heavy (non-hydrogen) atoms. The summed E-state index contributed by atoms with van der Waals surface area (Å²) in [7, 11) is 0. The molecule has 5 rings (SSSR count). The number of nitrogen functional groups attached to an aromatic ring is 1. The van der Waals surface area contributed by atoms with Crippen LogP contribution in [0.3, 0.4) is 0 Å². The first-order valence-electron chi connectivity index (χ1n) is 10.2. The minimum Gasteiger partial charge on any atom is -0.382 e. The molecule has 1 saturated carbocycles. The van der Waals surface area contributed by atoms with Crippen LogP contribution in [0.25, 0.3) is 22.0 Å². The summed E-state index contributed by atoms with van der Waals surface area (Å²) in [6, 6.07) is 11.0. The van der Waals surface area contributed by atoms with E-state index in [9.17, 15) is 14.7 Å². The van der Waals surface area contributed by atoms with Crippen molar-refractivity contribution in [2.75, 3.05) is 31.9 Å². The number of amides is 2. The second-order valence-electron chi connectivity index (χ2n) is 8.18. The van der Waals surface area contributed by atoms with Crippen LogP contribution in [-0.2, 0) is 4.79 Å². The summed E-state index contributed by atoms with van der Waals surface area (Å²) < 4.78 is 0. The number of aliphatic hydroxyl groups is 1. The van der Waals surface area contributed by atoms with Crippen LogP contribution in [0.15, 0.2) is 36.4 Å². The predicted molar refractivity (Wildman–Crippen MR) is 118 cm³/mol. The minimum atomic E-state index is -1.17. The molecule has 0 atom stereocenters. The highest BCUT2D eigenvalue weighted by atomic mass is 35.5. The number of nitrogens with zero attached hydrogens (tertiary/aromatic N) is 3. The first-order valence-corrected chi connectivity index (χ1v) is 10.6. The number of rotatable bonds is 3. The highest BCUT2D eigenvalue weighted by Gasteiger charge is 2.50. The Labute approximate surface area is 183 Å². The molecule has 0 spiro atoms. The average molecular weight is 440 g/mol. The number of H-pyrrole nitrogens is 1. The molecule has 2 fully saturated rings. The Hall–Kier alpha value is -3.10.